The van der Waals surface area contributed by atoms with Crippen LogP contribution in [0.25, 0.3) is 0 Å². The molecule has 0 saturated carbocycles. The normalized spacial score (nSPS) is 13.3. The topological polar surface area (TPSA) is 78.9 Å². The largest absolute Gasteiger partial charge is 0.462 e. The molecule has 0 aliphatic rings. The van der Waals surface area contributed by atoms with Crippen LogP contribution in [0.1, 0.15) is 213 Å². The molecule has 6 nitrogen and oxygen atoms in total. The van der Waals surface area contributed by atoms with Crippen molar-refractivity contribution in [2.24, 2.45) is 0 Å². The van der Waals surface area contributed by atoms with Crippen molar-refractivity contribution in [3.05, 3.63) is 158 Å². The van der Waals surface area contributed by atoms with E-state index in [4.69, 9.17) is 14.2 Å². The standard InChI is InChI=1S/C65H100O6/c1-4-7-10-13-16-19-22-25-28-30-32-34-37-40-43-46-49-52-55-58-64(67)70-61-62(60-69-63(66)57-54-51-48-45-42-39-36-27-24-21-18-15-12-9-6-3)71-65(68)59-56-53-50-47-44-41-38-35-33-31-29-26-23-20-17-14-11-8-5-2/h7,9-10,12-13,15-28,30,32,34,36-37,40,43,62H,4-6,8,11,14,29,31,33,35,38-39,41-42,44-61H2,1-3H3/b10-7-,12-9-,16-13-,18-15-,20-17-,22-19-,24-21-,26-23-,28-25-,32-30+,36-27-,37-34-,43-40-. The summed E-state index contributed by atoms with van der Waals surface area (Å²) in [6, 6.07) is 0. The lowest BCUT2D eigenvalue weighted by Crippen LogP contribution is -2.30. The Morgan fingerprint density at radius 2 is 0.549 bits per heavy atom. The van der Waals surface area contributed by atoms with E-state index in [0.29, 0.717) is 19.3 Å². The third kappa shape index (κ3) is 55.8. The zero-order chi connectivity index (χ0) is 51.4. The Balaban J connectivity index is 4.56. The Kier molecular flexibility index (Phi) is 53.6. The zero-order valence-electron chi connectivity index (χ0n) is 45.2. The van der Waals surface area contributed by atoms with E-state index >= 15 is 0 Å². The van der Waals surface area contributed by atoms with Gasteiger partial charge >= 0.3 is 17.9 Å². The van der Waals surface area contributed by atoms with Gasteiger partial charge in [0.05, 0.1) is 0 Å². The van der Waals surface area contributed by atoms with Crippen LogP contribution in [0.5, 0.6) is 0 Å². The highest BCUT2D eigenvalue weighted by atomic mass is 16.6. The number of carbonyl (C=O) groups is 3. The number of hydrogen-bond donors (Lipinski definition) is 0. The molecule has 0 amide bonds. The van der Waals surface area contributed by atoms with Crippen molar-refractivity contribution in [3.8, 4) is 0 Å². The summed E-state index contributed by atoms with van der Waals surface area (Å²) in [4.78, 5) is 38.2. The third-order valence-electron chi connectivity index (χ3n) is 11.3. The molecule has 1 unspecified atom stereocenters. The number of unbranched alkanes of at least 4 members (excludes halogenated alkanes) is 21. The molecule has 396 valence electrons. The monoisotopic (exact) mass is 977 g/mol. The predicted octanol–water partition coefficient (Wildman–Crippen LogP) is 19.0. The molecular formula is C65H100O6. The second-order valence-electron chi connectivity index (χ2n) is 18.0. The van der Waals surface area contributed by atoms with Crippen LogP contribution >= 0.6 is 0 Å². The molecule has 0 aromatic heterocycles. The lowest BCUT2D eigenvalue weighted by molar-refractivity contribution is -0.167. The minimum Gasteiger partial charge on any atom is -0.462 e. The van der Waals surface area contributed by atoms with E-state index in [-0.39, 0.29) is 31.1 Å². The van der Waals surface area contributed by atoms with Gasteiger partial charge in [-0.1, -0.05) is 269 Å². The number of esters is 3. The van der Waals surface area contributed by atoms with Gasteiger partial charge in [0.1, 0.15) is 13.2 Å². The molecule has 0 saturated heterocycles. The second kappa shape index (κ2) is 57.6. The highest BCUT2D eigenvalue weighted by molar-refractivity contribution is 5.71. The molecular weight excluding hydrogens is 877 g/mol. The first kappa shape index (κ1) is 66.0. The highest BCUT2D eigenvalue weighted by Crippen LogP contribution is 2.14. The predicted molar refractivity (Wildman–Crippen MR) is 306 cm³/mol. The Hall–Kier alpha value is -4.97. The zero-order valence-corrected chi connectivity index (χ0v) is 45.2. The van der Waals surface area contributed by atoms with Gasteiger partial charge in [0.15, 0.2) is 6.10 Å². The van der Waals surface area contributed by atoms with E-state index in [9.17, 15) is 14.4 Å². The SMILES string of the molecule is CC\C=C/C=C\C=C/C=C\C=C\C=C/C=C\CCCCCC(=O)OCC(COC(=O)CCCCCCC\C=C/C=C\C=C/C=C\CC)OC(=O)CCCCCCCCCCCC/C=C\C=C/CCCCC. The van der Waals surface area contributed by atoms with Crippen molar-refractivity contribution in [3.63, 3.8) is 0 Å². The maximum Gasteiger partial charge on any atom is 0.306 e. The number of carbonyl (C=O) groups excluding carboxylic acids is 3. The quantitative estimate of drug-likeness (QED) is 0.0262. The summed E-state index contributed by atoms with van der Waals surface area (Å²) < 4.78 is 16.8. The molecule has 1 atom stereocenters. The van der Waals surface area contributed by atoms with Crippen LogP contribution in [-0.4, -0.2) is 37.2 Å². The van der Waals surface area contributed by atoms with Crippen molar-refractivity contribution >= 4 is 17.9 Å². The summed E-state index contributed by atoms with van der Waals surface area (Å²) in [6.07, 6.45) is 83.6. The summed E-state index contributed by atoms with van der Waals surface area (Å²) in [7, 11) is 0. The summed E-state index contributed by atoms with van der Waals surface area (Å²) in [6.45, 7) is 6.25. The van der Waals surface area contributed by atoms with Crippen LogP contribution in [0.2, 0.25) is 0 Å². The van der Waals surface area contributed by atoms with Gasteiger partial charge in [-0.3, -0.25) is 14.4 Å². The van der Waals surface area contributed by atoms with E-state index in [0.717, 1.165) is 96.3 Å². The van der Waals surface area contributed by atoms with Gasteiger partial charge in [0.2, 0.25) is 0 Å². The van der Waals surface area contributed by atoms with Gasteiger partial charge in [0.25, 0.3) is 0 Å². The van der Waals surface area contributed by atoms with Gasteiger partial charge in [-0.2, -0.15) is 0 Å². The third-order valence-corrected chi connectivity index (χ3v) is 11.3. The van der Waals surface area contributed by atoms with Gasteiger partial charge in [-0.25, -0.2) is 0 Å². The average molecular weight is 978 g/mol. The minimum absolute atomic E-state index is 0.114. The van der Waals surface area contributed by atoms with Crippen molar-refractivity contribution in [1.29, 1.82) is 0 Å². The van der Waals surface area contributed by atoms with E-state index in [1.54, 1.807) is 0 Å². The lowest BCUT2D eigenvalue weighted by Gasteiger charge is -2.18. The number of hydrogen-bond acceptors (Lipinski definition) is 6. The fourth-order valence-electron chi connectivity index (χ4n) is 7.13. The smallest absolute Gasteiger partial charge is 0.306 e. The lowest BCUT2D eigenvalue weighted by atomic mass is 10.1. The first-order valence-corrected chi connectivity index (χ1v) is 28.2. The highest BCUT2D eigenvalue weighted by Gasteiger charge is 2.19. The molecule has 0 aromatic carbocycles. The molecule has 0 fully saturated rings. The second-order valence-corrected chi connectivity index (χ2v) is 18.0. The minimum atomic E-state index is -0.818. The number of rotatable bonds is 48. The number of allylic oxidation sites excluding steroid dienone is 26. The number of ether oxygens (including phenoxy) is 3. The van der Waals surface area contributed by atoms with E-state index < -0.39 is 6.10 Å². The molecule has 71 heavy (non-hydrogen) atoms. The molecule has 0 aromatic rings. The van der Waals surface area contributed by atoms with E-state index in [2.05, 4.69) is 81.5 Å². The van der Waals surface area contributed by atoms with E-state index in [1.807, 2.05) is 97.2 Å². The maximum absolute atomic E-state index is 12.9. The van der Waals surface area contributed by atoms with Crippen LogP contribution < -0.4 is 0 Å². The molecule has 0 N–H and O–H groups in total. The average Bonchev–Trinajstić information content (AvgIpc) is 3.37. The van der Waals surface area contributed by atoms with Crippen molar-refractivity contribution in [2.75, 3.05) is 13.2 Å². The van der Waals surface area contributed by atoms with Gasteiger partial charge in [-0.05, 0) is 83.5 Å². The summed E-state index contributed by atoms with van der Waals surface area (Å²) in [5.41, 5.74) is 0. The molecule has 0 spiro atoms. The van der Waals surface area contributed by atoms with Crippen molar-refractivity contribution in [1.82, 2.24) is 0 Å². The molecule has 6 heteroatoms. The van der Waals surface area contributed by atoms with Crippen LogP contribution in [0.15, 0.2) is 158 Å². The van der Waals surface area contributed by atoms with Gasteiger partial charge < -0.3 is 14.2 Å². The van der Waals surface area contributed by atoms with Gasteiger partial charge in [0, 0.05) is 19.3 Å². The first-order chi connectivity index (χ1) is 35.0. The van der Waals surface area contributed by atoms with Crippen LogP contribution in [0.3, 0.4) is 0 Å². The summed E-state index contributed by atoms with van der Waals surface area (Å²) in [5, 5.41) is 0. The maximum atomic E-state index is 12.9. The Morgan fingerprint density at radius 3 is 0.887 bits per heavy atom. The van der Waals surface area contributed by atoms with Crippen molar-refractivity contribution < 1.29 is 28.6 Å². The summed E-state index contributed by atoms with van der Waals surface area (Å²) in [5.74, 6) is -0.993. The van der Waals surface area contributed by atoms with Gasteiger partial charge in [-0.15, -0.1) is 0 Å². The molecule has 0 bridgehead atoms. The molecule has 0 aliphatic carbocycles. The molecule has 0 radical (unpaired) electrons. The fourth-order valence-corrected chi connectivity index (χ4v) is 7.13. The van der Waals surface area contributed by atoms with Crippen LogP contribution in [0.4, 0.5) is 0 Å². The Bertz CT molecular complexity index is 1640. The van der Waals surface area contributed by atoms with E-state index in [1.165, 1.54) is 77.0 Å². The molecule has 0 heterocycles. The van der Waals surface area contributed by atoms with Crippen LogP contribution in [0, 0.1) is 0 Å². The Labute approximate surface area is 435 Å². The van der Waals surface area contributed by atoms with Crippen LogP contribution in [-0.2, 0) is 28.6 Å². The molecule has 0 aliphatic heterocycles. The summed E-state index contributed by atoms with van der Waals surface area (Å²) >= 11 is 0. The fraction of sp³-hybridized carbons (Fsp3) is 0.554. The molecule has 0 rings (SSSR count). The first-order valence-electron chi connectivity index (χ1n) is 28.2. The van der Waals surface area contributed by atoms with Crippen molar-refractivity contribution in [2.45, 2.75) is 219 Å². The Morgan fingerprint density at radius 1 is 0.296 bits per heavy atom.